The van der Waals surface area contributed by atoms with Crippen molar-refractivity contribution in [3.8, 4) is 0 Å². The highest BCUT2D eigenvalue weighted by molar-refractivity contribution is 6.31. The van der Waals surface area contributed by atoms with Gasteiger partial charge in [-0.1, -0.05) is 29.8 Å². The highest BCUT2D eigenvalue weighted by Crippen LogP contribution is 2.37. The van der Waals surface area contributed by atoms with Crippen LogP contribution in [0.25, 0.3) is 0 Å². The van der Waals surface area contributed by atoms with Crippen LogP contribution in [0.5, 0.6) is 0 Å². The smallest absolute Gasteiger partial charge is 0.0553 e. The number of nitrogens with zero attached hydrogens (tertiary/aromatic N) is 3. The van der Waals surface area contributed by atoms with Crippen molar-refractivity contribution >= 4 is 17.3 Å². The number of rotatable bonds is 3. The van der Waals surface area contributed by atoms with Crippen molar-refractivity contribution < 1.29 is 0 Å². The van der Waals surface area contributed by atoms with E-state index >= 15 is 0 Å². The first-order valence-corrected chi connectivity index (χ1v) is 9.82. The number of piperazine rings is 1. The predicted octanol–water partition coefficient (Wildman–Crippen LogP) is 4.58. The number of hydrogen-bond donors (Lipinski definition) is 0. The summed E-state index contributed by atoms with van der Waals surface area (Å²) in [6, 6.07) is 13.3. The highest BCUT2D eigenvalue weighted by Gasteiger charge is 2.29. The van der Waals surface area contributed by atoms with Crippen molar-refractivity contribution in [2.75, 3.05) is 31.1 Å². The maximum Gasteiger partial charge on any atom is 0.0553 e. The average Bonchev–Trinajstić information content (AvgIpc) is 2.69. The summed E-state index contributed by atoms with van der Waals surface area (Å²) in [5, 5.41) is 0.941. The van der Waals surface area contributed by atoms with Gasteiger partial charge in [0, 0.05) is 43.4 Å². The quantitative estimate of drug-likeness (QED) is 0.803. The number of pyridine rings is 1. The number of halogens is 1. The second-order valence-electron chi connectivity index (χ2n) is 7.26. The molecule has 132 valence electrons. The molecule has 0 amide bonds. The van der Waals surface area contributed by atoms with Gasteiger partial charge in [-0.2, -0.15) is 0 Å². The van der Waals surface area contributed by atoms with Crippen LogP contribution < -0.4 is 4.90 Å². The zero-order valence-electron chi connectivity index (χ0n) is 14.6. The van der Waals surface area contributed by atoms with Crippen molar-refractivity contribution in [2.24, 2.45) is 0 Å². The molecule has 1 aromatic carbocycles. The number of benzene rings is 1. The molecule has 1 saturated carbocycles. The first-order valence-electron chi connectivity index (χ1n) is 9.45. The van der Waals surface area contributed by atoms with Crippen molar-refractivity contribution in [3.63, 3.8) is 0 Å². The fraction of sp³-hybridized carbons (Fsp3) is 0.476. The predicted molar refractivity (Wildman–Crippen MR) is 104 cm³/mol. The minimum atomic E-state index is 0.640. The zero-order chi connectivity index (χ0) is 17.1. The second-order valence-corrected chi connectivity index (χ2v) is 7.67. The number of anilines is 1. The minimum Gasteiger partial charge on any atom is -0.368 e. The molecule has 1 aliphatic carbocycles. The Morgan fingerprint density at radius 2 is 1.64 bits per heavy atom. The van der Waals surface area contributed by atoms with Crippen molar-refractivity contribution in [3.05, 3.63) is 59.4 Å². The molecule has 0 atom stereocenters. The SMILES string of the molecule is Clc1ccccc1C1CCC(N2CCN(c3cccnc3)CC2)CC1. The fourth-order valence-electron chi connectivity index (χ4n) is 4.44. The van der Waals surface area contributed by atoms with Crippen molar-refractivity contribution in [2.45, 2.75) is 37.6 Å². The average molecular weight is 356 g/mol. The van der Waals surface area contributed by atoms with Crippen molar-refractivity contribution in [1.82, 2.24) is 9.88 Å². The third kappa shape index (κ3) is 3.83. The van der Waals surface area contributed by atoms with E-state index < -0.39 is 0 Å². The second kappa shape index (κ2) is 7.76. The third-order valence-electron chi connectivity index (χ3n) is 5.88. The standard InChI is InChI=1S/C21H26ClN3/c22-21-6-2-1-5-20(21)17-7-9-18(10-8-17)24-12-14-25(15-13-24)19-4-3-11-23-16-19/h1-6,11,16-18H,7-10,12-15H2. The van der Waals surface area contributed by atoms with Gasteiger partial charge in [-0.15, -0.1) is 0 Å². The Morgan fingerprint density at radius 1 is 0.880 bits per heavy atom. The topological polar surface area (TPSA) is 19.4 Å². The molecule has 0 spiro atoms. The molecule has 0 radical (unpaired) electrons. The van der Waals surface area contributed by atoms with E-state index in [1.165, 1.54) is 36.9 Å². The zero-order valence-corrected chi connectivity index (χ0v) is 15.4. The summed E-state index contributed by atoms with van der Waals surface area (Å²) in [6.45, 7) is 4.54. The van der Waals surface area contributed by atoms with E-state index in [9.17, 15) is 0 Å². The van der Waals surface area contributed by atoms with Gasteiger partial charge in [0.05, 0.1) is 11.9 Å². The molecule has 1 aliphatic heterocycles. The molecule has 2 aliphatic rings. The van der Waals surface area contributed by atoms with Crippen LogP contribution in [-0.2, 0) is 0 Å². The lowest BCUT2D eigenvalue weighted by atomic mass is 9.81. The van der Waals surface area contributed by atoms with Crippen LogP contribution >= 0.6 is 11.6 Å². The molecule has 2 fully saturated rings. The molecule has 2 heterocycles. The van der Waals surface area contributed by atoms with Gasteiger partial charge >= 0.3 is 0 Å². The Kier molecular flexibility index (Phi) is 5.23. The summed E-state index contributed by atoms with van der Waals surface area (Å²) >= 11 is 6.40. The minimum absolute atomic E-state index is 0.640. The molecule has 0 bridgehead atoms. The van der Waals surface area contributed by atoms with Gasteiger partial charge in [-0.3, -0.25) is 9.88 Å². The summed E-state index contributed by atoms with van der Waals surface area (Å²) in [5.74, 6) is 0.640. The van der Waals surface area contributed by atoms with Gasteiger partial charge in [0.2, 0.25) is 0 Å². The molecule has 1 aromatic heterocycles. The first kappa shape index (κ1) is 16.9. The van der Waals surface area contributed by atoms with Crippen LogP contribution in [0.2, 0.25) is 5.02 Å². The van der Waals surface area contributed by atoms with Crippen LogP contribution in [0, 0.1) is 0 Å². The fourth-order valence-corrected chi connectivity index (χ4v) is 4.73. The van der Waals surface area contributed by atoms with Gasteiger partial charge < -0.3 is 4.90 Å². The lowest BCUT2D eigenvalue weighted by molar-refractivity contribution is 0.141. The van der Waals surface area contributed by atoms with Crippen LogP contribution in [0.15, 0.2) is 48.8 Å². The summed E-state index contributed by atoms with van der Waals surface area (Å²) in [7, 11) is 0. The van der Waals surface area contributed by atoms with Gasteiger partial charge in [0.15, 0.2) is 0 Å². The van der Waals surface area contributed by atoms with E-state index in [2.05, 4.69) is 33.0 Å². The Hall–Kier alpha value is -1.58. The van der Waals surface area contributed by atoms with E-state index in [0.717, 1.165) is 37.2 Å². The van der Waals surface area contributed by atoms with E-state index in [0.29, 0.717) is 5.92 Å². The molecule has 3 nitrogen and oxygen atoms in total. The maximum absolute atomic E-state index is 6.40. The molecule has 2 aromatic rings. The Bertz CT molecular complexity index is 675. The largest absolute Gasteiger partial charge is 0.368 e. The molecule has 25 heavy (non-hydrogen) atoms. The van der Waals surface area contributed by atoms with Gasteiger partial charge in [-0.05, 0) is 55.4 Å². The summed E-state index contributed by atoms with van der Waals surface area (Å²) in [6.07, 6.45) is 8.93. The molecule has 0 unspecified atom stereocenters. The van der Waals surface area contributed by atoms with Gasteiger partial charge in [0.25, 0.3) is 0 Å². The van der Waals surface area contributed by atoms with E-state index in [4.69, 9.17) is 11.6 Å². The highest BCUT2D eigenvalue weighted by atomic mass is 35.5. The molecule has 0 N–H and O–H groups in total. The Morgan fingerprint density at radius 3 is 2.32 bits per heavy atom. The van der Waals surface area contributed by atoms with Crippen LogP contribution in [-0.4, -0.2) is 42.1 Å². The van der Waals surface area contributed by atoms with E-state index in [1.807, 2.05) is 30.6 Å². The van der Waals surface area contributed by atoms with Crippen molar-refractivity contribution in [1.29, 1.82) is 0 Å². The monoisotopic (exact) mass is 355 g/mol. The van der Waals surface area contributed by atoms with E-state index in [-0.39, 0.29) is 0 Å². The van der Waals surface area contributed by atoms with Crippen LogP contribution in [0.4, 0.5) is 5.69 Å². The lowest BCUT2D eigenvalue weighted by Crippen LogP contribution is -2.51. The maximum atomic E-state index is 6.40. The lowest BCUT2D eigenvalue weighted by Gasteiger charge is -2.42. The molecular formula is C21H26ClN3. The Labute approximate surface area is 155 Å². The third-order valence-corrected chi connectivity index (χ3v) is 6.23. The van der Waals surface area contributed by atoms with Crippen LogP contribution in [0.3, 0.4) is 0 Å². The molecule has 4 heteroatoms. The van der Waals surface area contributed by atoms with Gasteiger partial charge in [-0.25, -0.2) is 0 Å². The number of aromatic nitrogens is 1. The molecule has 1 saturated heterocycles. The van der Waals surface area contributed by atoms with Gasteiger partial charge in [0.1, 0.15) is 0 Å². The summed E-state index contributed by atoms with van der Waals surface area (Å²) in [4.78, 5) is 9.41. The first-order chi connectivity index (χ1) is 12.3. The summed E-state index contributed by atoms with van der Waals surface area (Å²) in [5.41, 5.74) is 2.61. The molecular weight excluding hydrogens is 330 g/mol. The summed E-state index contributed by atoms with van der Waals surface area (Å²) < 4.78 is 0. The van der Waals surface area contributed by atoms with Crippen LogP contribution in [0.1, 0.15) is 37.2 Å². The normalized spacial score (nSPS) is 25.1. The Balaban J connectivity index is 1.30. The molecule has 4 rings (SSSR count). The van der Waals surface area contributed by atoms with E-state index in [1.54, 1.807) is 0 Å². The number of hydrogen-bond acceptors (Lipinski definition) is 3.